The van der Waals surface area contributed by atoms with Gasteiger partial charge in [0.1, 0.15) is 0 Å². The van der Waals surface area contributed by atoms with Crippen LogP contribution in [0.1, 0.15) is 35.3 Å². The molecule has 0 aliphatic carbocycles. The molecule has 0 saturated carbocycles. The van der Waals surface area contributed by atoms with Crippen molar-refractivity contribution >= 4 is 5.78 Å². The molecule has 0 aliphatic heterocycles. The molecule has 0 heterocycles. The van der Waals surface area contributed by atoms with Crippen molar-refractivity contribution in [2.24, 2.45) is 5.92 Å². The summed E-state index contributed by atoms with van der Waals surface area (Å²) in [6, 6.07) is 18.3. The molecule has 92 valence electrons. The van der Waals surface area contributed by atoms with Crippen molar-refractivity contribution in [2.45, 2.75) is 20.3 Å². The highest BCUT2D eigenvalue weighted by Crippen LogP contribution is 2.13. The molecule has 18 heavy (non-hydrogen) atoms. The Morgan fingerprint density at radius 2 is 1.44 bits per heavy atom. The van der Waals surface area contributed by atoms with Crippen LogP contribution in [0, 0.1) is 5.92 Å². The highest BCUT2D eigenvalue weighted by molar-refractivity contribution is 5.97. The maximum Gasteiger partial charge on any atom is 0.165 e. The van der Waals surface area contributed by atoms with Gasteiger partial charge in [-0.05, 0) is 17.5 Å². The van der Waals surface area contributed by atoms with Gasteiger partial charge in [-0.25, -0.2) is 0 Å². The molecule has 2 aromatic rings. The third-order valence-electron chi connectivity index (χ3n) is 3.01. The standard InChI is InChI=1S/C17H18O/c1-13(2)17(18)16-10-8-15(9-11-16)12-14-6-4-3-5-7-14/h3-11,13H,12H2,1-2H3. The highest BCUT2D eigenvalue weighted by atomic mass is 16.1. The SMILES string of the molecule is CC(C)C(=O)c1ccc(Cc2ccccc2)cc1. The van der Waals surface area contributed by atoms with Crippen molar-refractivity contribution in [1.29, 1.82) is 0 Å². The molecule has 0 radical (unpaired) electrons. The van der Waals surface area contributed by atoms with Crippen LogP contribution in [0.15, 0.2) is 54.6 Å². The van der Waals surface area contributed by atoms with Crippen LogP contribution in [0.4, 0.5) is 0 Å². The maximum absolute atomic E-state index is 11.8. The summed E-state index contributed by atoms with van der Waals surface area (Å²) in [7, 11) is 0. The predicted molar refractivity (Wildman–Crippen MR) is 74.9 cm³/mol. The molecule has 0 atom stereocenters. The summed E-state index contributed by atoms with van der Waals surface area (Å²) in [4.78, 5) is 11.8. The zero-order valence-corrected chi connectivity index (χ0v) is 10.9. The van der Waals surface area contributed by atoms with Crippen LogP contribution < -0.4 is 0 Å². The minimum atomic E-state index is 0.0602. The summed E-state index contributed by atoms with van der Waals surface area (Å²) in [5, 5.41) is 0. The van der Waals surface area contributed by atoms with E-state index in [2.05, 4.69) is 12.1 Å². The summed E-state index contributed by atoms with van der Waals surface area (Å²) in [6.07, 6.45) is 0.914. The van der Waals surface area contributed by atoms with Crippen LogP contribution in [0.25, 0.3) is 0 Å². The molecule has 0 amide bonds. The van der Waals surface area contributed by atoms with E-state index in [1.54, 1.807) is 0 Å². The number of benzene rings is 2. The maximum atomic E-state index is 11.8. The Morgan fingerprint density at radius 3 is 2.00 bits per heavy atom. The van der Waals surface area contributed by atoms with Crippen LogP contribution in [-0.2, 0) is 6.42 Å². The Bertz CT molecular complexity index is 509. The van der Waals surface area contributed by atoms with Crippen molar-refractivity contribution in [3.05, 3.63) is 71.3 Å². The number of ketones is 1. The highest BCUT2D eigenvalue weighted by Gasteiger charge is 2.09. The average Bonchev–Trinajstić information content (AvgIpc) is 2.40. The molecule has 0 spiro atoms. The number of Topliss-reactive ketones (excluding diaryl/α,β-unsaturated/α-hetero) is 1. The normalized spacial score (nSPS) is 10.6. The molecule has 0 bridgehead atoms. The van der Waals surface area contributed by atoms with E-state index in [-0.39, 0.29) is 11.7 Å². The summed E-state index contributed by atoms with van der Waals surface area (Å²) in [5.41, 5.74) is 3.34. The van der Waals surface area contributed by atoms with Crippen molar-refractivity contribution in [3.8, 4) is 0 Å². The summed E-state index contributed by atoms with van der Waals surface area (Å²) < 4.78 is 0. The molecule has 0 unspecified atom stereocenters. The van der Waals surface area contributed by atoms with Gasteiger partial charge in [0.2, 0.25) is 0 Å². The van der Waals surface area contributed by atoms with Crippen LogP contribution in [0.3, 0.4) is 0 Å². The van der Waals surface area contributed by atoms with E-state index in [0.717, 1.165) is 12.0 Å². The lowest BCUT2D eigenvalue weighted by atomic mass is 9.98. The van der Waals surface area contributed by atoms with Crippen molar-refractivity contribution in [2.75, 3.05) is 0 Å². The monoisotopic (exact) mass is 238 g/mol. The quantitative estimate of drug-likeness (QED) is 0.732. The molecule has 0 N–H and O–H groups in total. The zero-order chi connectivity index (χ0) is 13.0. The van der Waals surface area contributed by atoms with Crippen molar-refractivity contribution < 1.29 is 4.79 Å². The van der Waals surface area contributed by atoms with Crippen LogP contribution in [0.5, 0.6) is 0 Å². The second-order valence-corrected chi connectivity index (χ2v) is 4.88. The third-order valence-corrected chi connectivity index (χ3v) is 3.01. The lowest BCUT2D eigenvalue weighted by molar-refractivity contribution is 0.0939. The summed E-state index contributed by atoms with van der Waals surface area (Å²) in [5.74, 6) is 0.270. The van der Waals surface area contributed by atoms with E-state index in [1.165, 1.54) is 11.1 Å². The lowest BCUT2D eigenvalue weighted by Gasteiger charge is -2.06. The van der Waals surface area contributed by atoms with E-state index in [9.17, 15) is 4.79 Å². The van der Waals surface area contributed by atoms with Gasteiger partial charge in [-0.15, -0.1) is 0 Å². The lowest BCUT2D eigenvalue weighted by Crippen LogP contribution is -2.07. The van der Waals surface area contributed by atoms with Crippen molar-refractivity contribution in [1.82, 2.24) is 0 Å². The van der Waals surface area contributed by atoms with Gasteiger partial charge in [-0.1, -0.05) is 68.4 Å². The fourth-order valence-electron chi connectivity index (χ4n) is 1.95. The van der Waals surface area contributed by atoms with Crippen LogP contribution >= 0.6 is 0 Å². The van der Waals surface area contributed by atoms with Gasteiger partial charge in [0, 0.05) is 11.5 Å². The number of rotatable bonds is 4. The molecule has 2 aromatic carbocycles. The molecule has 0 fully saturated rings. The molecular weight excluding hydrogens is 220 g/mol. The first-order valence-corrected chi connectivity index (χ1v) is 6.34. The van der Waals surface area contributed by atoms with E-state index < -0.39 is 0 Å². The molecule has 0 aromatic heterocycles. The Kier molecular flexibility index (Phi) is 3.93. The van der Waals surface area contributed by atoms with Gasteiger partial charge in [0.25, 0.3) is 0 Å². The first kappa shape index (κ1) is 12.6. The first-order chi connectivity index (χ1) is 8.66. The van der Waals surface area contributed by atoms with Crippen LogP contribution in [0.2, 0.25) is 0 Å². The molecule has 1 heteroatoms. The summed E-state index contributed by atoms with van der Waals surface area (Å²) >= 11 is 0. The van der Waals surface area contributed by atoms with Crippen molar-refractivity contribution in [3.63, 3.8) is 0 Å². The smallest absolute Gasteiger partial charge is 0.165 e. The predicted octanol–water partition coefficient (Wildman–Crippen LogP) is 4.12. The molecule has 1 nitrogen and oxygen atoms in total. The zero-order valence-electron chi connectivity index (χ0n) is 10.9. The fraction of sp³-hybridized carbons (Fsp3) is 0.235. The van der Waals surface area contributed by atoms with Gasteiger partial charge in [-0.2, -0.15) is 0 Å². The van der Waals surface area contributed by atoms with Gasteiger partial charge >= 0.3 is 0 Å². The van der Waals surface area contributed by atoms with Gasteiger partial charge in [-0.3, -0.25) is 4.79 Å². The molecule has 2 rings (SSSR count). The number of carbonyl (C=O) groups is 1. The second-order valence-electron chi connectivity index (χ2n) is 4.88. The van der Waals surface area contributed by atoms with Gasteiger partial charge in [0.15, 0.2) is 5.78 Å². The van der Waals surface area contributed by atoms with Gasteiger partial charge < -0.3 is 0 Å². The average molecular weight is 238 g/mol. The first-order valence-electron chi connectivity index (χ1n) is 6.34. The van der Waals surface area contributed by atoms with Gasteiger partial charge in [0.05, 0.1) is 0 Å². The Labute approximate surface area is 108 Å². The Hall–Kier alpha value is -1.89. The van der Waals surface area contributed by atoms with E-state index in [1.807, 2.05) is 56.3 Å². The molecular formula is C17H18O. The number of hydrogen-bond donors (Lipinski definition) is 0. The fourth-order valence-corrected chi connectivity index (χ4v) is 1.95. The number of carbonyl (C=O) groups excluding carboxylic acids is 1. The molecule has 0 saturated heterocycles. The second kappa shape index (κ2) is 5.63. The Balaban J connectivity index is 2.11. The Morgan fingerprint density at radius 1 is 0.889 bits per heavy atom. The number of hydrogen-bond acceptors (Lipinski definition) is 1. The van der Waals surface area contributed by atoms with E-state index in [4.69, 9.17) is 0 Å². The minimum absolute atomic E-state index is 0.0602. The molecule has 0 aliphatic rings. The summed E-state index contributed by atoms with van der Waals surface area (Å²) in [6.45, 7) is 3.86. The third kappa shape index (κ3) is 3.07. The van der Waals surface area contributed by atoms with E-state index >= 15 is 0 Å². The topological polar surface area (TPSA) is 17.1 Å². The van der Waals surface area contributed by atoms with E-state index in [0.29, 0.717) is 0 Å². The minimum Gasteiger partial charge on any atom is -0.294 e. The largest absolute Gasteiger partial charge is 0.294 e. The van der Waals surface area contributed by atoms with Crippen LogP contribution in [-0.4, -0.2) is 5.78 Å².